The third kappa shape index (κ3) is 3.08. The van der Waals surface area contributed by atoms with Crippen LogP contribution in [0.2, 0.25) is 0 Å². The Morgan fingerprint density at radius 2 is 2.10 bits per heavy atom. The van der Waals surface area contributed by atoms with Gasteiger partial charge in [-0.15, -0.1) is 0 Å². The van der Waals surface area contributed by atoms with Crippen molar-refractivity contribution in [2.24, 2.45) is 7.05 Å². The molecule has 1 aromatic carbocycles. The summed E-state index contributed by atoms with van der Waals surface area (Å²) in [4.78, 5) is 11.4. The summed E-state index contributed by atoms with van der Waals surface area (Å²) in [5.41, 5.74) is 2.54. The van der Waals surface area contributed by atoms with Crippen LogP contribution in [0.4, 0.5) is 0 Å². The van der Waals surface area contributed by atoms with Crippen LogP contribution < -0.4 is 5.32 Å². The molecule has 0 radical (unpaired) electrons. The minimum atomic E-state index is -0.897. The molecule has 0 amide bonds. The lowest BCUT2D eigenvalue weighted by molar-refractivity contribution is -0.139. The maximum absolute atomic E-state index is 11.4. The van der Waals surface area contributed by atoms with Crippen LogP contribution in [-0.4, -0.2) is 20.9 Å². The average molecular weight is 338 g/mol. The van der Waals surface area contributed by atoms with E-state index in [2.05, 4.69) is 26.3 Å². The minimum absolute atomic E-state index is 0.420. The van der Waals surface area contributed by atoms with E-state index in [1.165, 1.54) is 0 Å². The quantitative estimate of drug-likeness (QED) is 0.879. The number of carboxylic acids is 1. The number of aliphatic carboxylic acids is 1. The fourth-order valence-corrected chi connectivity index (χ4v) is 2.54. The summed E-state index contributed by atoms with van der Waals surface area (Å²) in [6, 6.07) is 8.39. The van der Waals surface area contributed by atoms with Crippen molar-refractivity contribution in [3.05, 3.63) is 51.8 Å². The van der Waals surface area contributed by atoms with Crippen molar-refractivity contribution in [3.8, 4) is 0 Å². The fraction of sp³-hybridized carbons (Fsp3) is 0.286. The van der Waals surface area contributed by atoms with Crippen LogP contribution in [0.3, 0.4) is 0 Å². The molecule has 0 aliphatic heterocycles. The van der Waals surface area contributed by atoms with E-state index in [9.17, 15) is 9.90 Å². The maximum Gasteiger partial charge on any atom is 0.325 e. The second kappa shape index (κ2) is 6.19. The zero-order chi connectivity index (χ0) is 14.7. The van der Waals surface area contributed by atoms with E-state index in [1.807, 2.05) is 32.2 Å². The van der Waals surface area contributed by atoms with Gasteiger partial charge in [0.15, 0.2) is 0 Å². The van der Waals surface area contributed by atoms with Gasteiger partial charge in [0.1, 0.15) is 6.04 Å². The standard InChI is InChI=1S/C14H16BrN3O2/c1-9-12(15)11(18(2)17-9)8-16-13(14(19)20)10-6-4-3-5-7-10/h3-7,13,16H,8H2,1-2H3,(H,19,20). The fourth-order valence-electron chi connectivity index (χ4n) is 2.06. The molecular formula is C14H16BrN3O2. The largest absolute Gasteiger partial charge is 0.480 e. The van der Waals surface area contributed by atoms with Gasteiger partial charge in [-0.1, -0.05) is 30.3 Å². The molecule has 0 bridgehead atoms. The minimum Gasteiger partial charge on any atom is -0.480 e. The molecule has 2 N–H and O–H groups in total. The number of aromatic nitrogens is 2. The molecular weight excluding hydrogens is 322 g/mol. The zero-order valence-corrected chi connectivity index (χ0v) is 12.9. The van der Waals surface area contributed by atoms with Gasteiger partial charge in [-0.3, -0.25) is 14.8 Å². The van der Waals surface area contributed by atoms with Gasteiger partial charge in [0.25, 0.3) is 0 Å². The van der Waals surface area contributed by atoms with Gasteiger partial charge in [0.05, 0.1) is 15.9 Å². The first-order valence-electron chi connectivity index (χ1n) is 6.19. The summed E-state index contributed by atoms with van der Waals surface area (Å²) < 4.78 is 2.65. The SMILES string of the molecule is Cc1nn(C)c(CNC(C(=O)O)c2ccccc2)c1Br. The molecule has 0 spiro atoms. The van der Waals surface area contributed by atoms with E-state index < -0.39 is 12.0 Å². The summed E-state index contributed by atoms with van der Waals surface area (Å²) in [5, 5.41) is 16.7. The second-order valence-corrected chi connectivity index (χ2v) is 5.33. The molecule has 1 unspecified atom stereocenters. The Kier molecular flexibility index (Phi) is 4.57. The molecule has 6 heteroatoms. The van der Waals surface area contributed by atoms with Gasteiger partial charge in [-0.05, 0) is 28.4 Å². The summed E-state index contributed by atoms with van der Waals surface area (Å²) in [7, 11) is 1.84. The van der Waals surface area contributed by atoms with Crippen LogP contribution in [0.5, 0.6) is 0 Å². The summed E-state index contributed by atoms with van der Waals surface area (Å²) >= 11 is 3.47. The molecule has 106 valence electrons. The van der Waals surface area contributed by atoms with Gasteiger partial charge in [0, 0.05) is 13.6 Å². The molecule has 20 heavy (non-hydrogen) atoms. The Morgan fingerprint density at radius 1 is 1.45 bits per heavy atom. The number of carboxylic acid groups (broad SMARTS) is 1. The van der Waals surface area contributed by atoms with Gasteiger partial charge >= 0.3 is 5.97 Å². The van der Waals surface area contributed by atoms with Crippen LogP contribution in [0.1, 0.15) is 23.0 Å². The van der Waals surface area contributed by atoms with Gasteiger partial charge in [-0.2, -0.15) is 5.10 Å². The highest BCUT2D eigenvalue weighted by molar-refractivity contribution is 9.10. The zero-order valence-electron chi connectivity index (χ0n) is 11.3. The van der Waals surface area contributed by atoms with Gasteiger partial charge in [-0.25, -0.2) is 0 Å². The van der Waals surface area contributed by atoms with Crippen molar-refractivity contribution in [2.75, 3.05) is 0 Å². The number of hydrogen-bond donors (Lipinski definition) is 2. The topological polar surface area (TPSA) is 67.2 Å². The number of nitrogens with one attached hydrogen (secondary N) is 1. The number of benzene rings is 1. The predicted molar refractivity (Wildman–Crippen MR) is 79.3 cm³/mol. The van der Waals surface area contributed by atoms with Gasteiger partial charge in [0.2, 0.25) is 0 Å². The Bertz CT molecular complexity index is 610. The summed E-state index contributed by atoms with van der Waals surface area (Å²) in [5.74, 6) is -0.897. The first-order chi connectivity index (χ1) is 9.50. The molecule has 1 atom stereocenters. The van der Waals surface area contributed by atoms with Crippen molar-refractivity contribution >= 4 is 21.9 Å². The normalized spacial score (nSPS) is 12.3. The van der Waals surface area contributed by atoms with E-state index in [4.69, 9.17) is 0 Å². The van der Waals surface area contributed by atoms with Gasteiger partial charge < -0.3 is 5.11 Å². The Hall–Kier alpha value is -1.66. The van der Waals surface area contributed by atoms with Crippen LogP contribution in [-0.2, 0) is 18.4 Å². The molecule has 0 saturated heterocycles. The van der Waals surface area contributed by atoms with E-state index in [0.29, 0.717) is 6.54 Å². The molecule has 0 aliphatic rings. The molecule has 1 heterocycles. The highest BCUT2D eigenvalue weighted by Gasteiger charge is 2.20. The third-order valence-corrected chi connectivity index (χ3v) is 4.15. The number of carbonyl (C=O) groups is 1. The molecule has 2 aromatic rings. The van der Waals surface area contributed by atoms with E-state index >= 15 is 0 Å². The highest BCUT2D eigenvalue weighted by atomic mass is 79.9. The Labute approximate surface area is 125 Å². The highest BCUT2D eigenvalue weighted by Crippen LogP contribution is 2.21. The molecule has 0 saturated carbocycles. The number of rotatable bonds is 5. The van der Waals surface area contributed by atoms with E-state index in [-0.39, 0.29) is 0 Å². The van der Waals surface area contributed by atoms with Crippen LogP contribution >= 0.6 is 15.9 Å². The number of hydrogen-bond acceptors (Lipinski definition) is 3. The van der Waals surface area contributed by atoms with E-state index in [1.54, 1.807) is 16.8 Å². The molecule has 0 aliphatic carbocycles. The van der Waals surface area contributed by atoms with Crippen LogP contribution in [0.15, 0.2) is 34.8 Å². The van der Waals surface area contributed by atoms with Crippen molar-refractivity contribution in [2.45, 2.75) is 19.5 Å². The maximum atomic E-state index is 11.4. The molecule has 1 aromatic heterocycles. The lowest BCUT2D eigenvalue weighted by Crippen LogP contribution is -2.28. The smallest absolute Gasteiger partial charge is 0.325 e. The summed E-state index contributed by atoms with van der Waals surface area (Å²) in [6.45, 7) is 2.32. The molecule has 2 rings (SSSR count). The van der Waals surface area contributed by atoms with Crippen molar-refractivity contribution < 1.29 is 9.90 Å². The third-order valence-electron chi connectivity index (χ3n) is 3.12. The van der Waals surface area contributed by atoms with Crippen LogP contribution in [0, 0.1) is 6.92 Å². The Morgan fingerprint density at radius 3 is 2.60 bits per heavy atom. The molecule has 0 fully saturated rings. The first-order valence-corrected chi connectivity index (χ1v) is 6.99. The van der Waals surface area contributed by atoms with Crippen molar-refractivity contribution in [3.63, 3.8) is 0 Å². The Balaban J connectivity index is 2.16. The number of halogens is 1. The van der Waals surface area contributed by atoms with E-state index in [0.717, 1.165) is 21.4 Å². The van der Waals surface area contributed by atoms with Crippen molar-refractivity contribution in [1.29, 1.82) is 0 Å². The van der Waals surface area contributed by atoms with Crippen molar-refractivity contribution in [1.82, 2.24) is 15.1 Å². The van der Waals surface area contributed by atoms with Crippen LogP contribution in [0.25, 0.3) is 0 Å². The predicted octanol–water partition coefficient (Wildman–Crippen LogP) is 2.41. The monoisotopic (exact) mass is 337 g/mol. The number of nitrogens with zero attached hydrogens (tertiary/aromatic N) is 2. The first kappa shape index (κ1) is 14.7. The summed E-state index contributed by atoms with van der Waals surface area (Å²) in [6.07, 6.45) is 0. The average Bonchev–Trinajstić information content (AvgIpc) is 2.66. The lowest BCUT2D eigenvalue weighted by Gasteiger charge is -2.15. The number of aryl methyl sites for hydroxylation is 2. The second-order valence-electron chi connectivity index (χ2n) is 4.53. The lowest BCUT2D eigenvalue weighted by atomic mass is 10.1. The molecule has 5 nitrogen and oxygen atoms in total.